The van der Waals surface area contributed by atoms with Gasteiger partial charge in [-0.2, -0.15) is 0 Å². The normalized spacial score (nSPS) is 11.0. The summed E-state index contributed by atoms with van der Waals surface area (Å²) in [4.78, 5) is 14.5. The molecular formula is C21H15ClF2N4. The molecule has 4 rings (SSSR count). The summed E-state index contributed by atoms with van der Waals surface area (Å²) >= 11 is 6.18. The number of aromatic nitrogens is 3. The molecule has 2 aromatic carbocycles. The fourth-order valence-electron chi connectivity index (χ4n) is 3.11. The summed E-state index contributed by atoms with van der Waals surface area (Å²) < 4.78 is 27.9. The molecule has 0 amide bonds. The molecule has 0 saturated heterocycles. The maximum atomic E-state index is 14.3. The van der Waals surface area contributed by atoms with E-state index < -0.39 is 11.6 Å². The lowest BCUT2D eigenvalue weighted by Gasteiger charge is -2.25. The molecule has 2 heterocycles. The van der Waals surface area contributed by atoms with Crippen LogP contribution in [0.15, 0.2) is 61.2 Å². The van der Waals surface area contributed by atoms with Crippen molar-refractivity contribution in [3.63, 3.8) is 0 Å². The topological polar surface area (TPSA) is 41.9 Å². The summed E-state index contributed by atoms with van der Waals surface area (Å²) in [5.74, 6) is -1.26. The molecule has 0 aliphatic heterocycles. The van der Waals surface area contributed by atoms with Gasteiger partial charge in [-0.25, -0.2) is 13.8 Å². The third kappa shape index (κ3) is 3.39. The number of rotatable bonds is 4. The summed E-state index contributed by atoms with van der Waals surface area (Å²) in [6.07, 6.45) is 6.37. The van der Waals surface area contributed by atoms with Crippen LogP contribution in [-0.2, 0) is 6.54 Å². The maximum Gasteiger partial charge on any atom is 0.184 e. The van der Waals surface area contributed by atoms with Crippen molar-refractivity contribution in [2.75, 3.05) is 4.90 Å². The highest BCUT2D eigenvalue weighted by Crippen LogP contribution is 2.31. The van der Waals surface area contributed by atoms with Crippen molar-refractivity contribution in [1.82, 2.24) is 15.0 Å². The molecule has 0 spiro atoms. The Morgan fingerprint density at radius 1 is 1.04 bits per heavy atom. The lowest BCUT2D eigenvalue weighted by molar-refractivity contribution is 0.515. The van der Waals surface area contributed by atoms with Gasteiger partial charge in [0.15, 0.2) is 17.5 Å². The minimum absolute atomic E-state index is 0.00536. The van der Waals surface area contributed by atoms with Crippen molar-refractivity contribution in [2.45, 2.75) is 13.5 Å². The Hall–Kier alpha value is -3.12. The molecule has 0 saturated carbocycles. The number of hydrogen-bond acceptors (Lipinski definition) is 4. The van der Waals surface area contributed by atoms with Crippen LogP contribution >= 0.6 is 11.6 Å². The van der Waals surface area contributed by atoms with Crippen LogP contribution in [0.4, 0.5) is 20.3 Å². The fourth-order valence-corrected chi connectivity index (χ4v) is 3.29. The monoisotopic (exact) mass is 396 g/mol. The standard InChI is InChI=1S/C21H15ClF2N4/c1-13-10-27-21-16(5-6-18(23)20(21)24)17(13)12-28(19-11-25-7-8-26-19)15-4-2-3-14(22)9-15/h2-11H,12H2,1H3. The predicted molar refractivity (Wildman–Crippen MR) is 106 cm³/mol. The molecule has 0 radical (unpaired) electrons. The molecule has 2 aromatic heterocycles. The number of nitrogens with zero attached hydrogens (tertiary/aromatic N) is 4. The van der Waals surface area contributed by atoms with E-state index in [-0.39, 0.29) is 5.52 Å². The van der Waals surface area contributed by atoms with Crippen LogP contribution in [0.2, 0.25) is 5.02 Å². The van der Waals surface area contributed by atoms with E-state index in [4.69, 9.17) is 11.6 Å². The third-order valence-electron chi connectivity index (χ3n) is 4.52. The molecule has 4 aromatic rings. The quantitative estimate of drug-likeness (QED) is 0.450. The number of halogens is 3. The third-order valence-corrected chi connectivity index (χ3v) is 4.75. The molecule has 0 aliphatic carbocycles. The van der Waals surface area contributed by atoms with E-state index in [2.05, 4.69) is 15.0 Å². The first-order valence-corrected chi connectivity index (χ1v) is 8.93. The molecule has 140 valence electrons. The Kier molecular flexibility index (Phi) is 4.88. The predicted octanol–water partition coefficient (Wildman–Crippen LogP) is 5.60. The van der Waals surface area contributed by atoms with E-state index in [1.807, 2.05) is 30.0 Å². The molecule has 0 fully saturated rings. The maximum absolute atomic E-state index is 14.3. The highest BCUT2D eigenvalue weighted by atomic mass is 35.5. The number of aryl methyl sites for hydroxylation is 1. The van der Waals surface area contributed by atoms with Gasteiger partial charge in [-0.15, -0.1) is 0 Å². The molecular weight excluding hydrogens is 382 g/mol. The van der Waals surface area contributed by atoms with Crippen LogP contribution in [0.1, 0.15) is 11.1 Å². The van der Waals surface area contributed by atoms with Crippen LogP contribution in [0, 0.1) is 18.6 Å². The van der Waals surface area contributed by atoms with Gasteiger partial charge in [-0.05, 0) is 48.4 Å². The summed E-state index contributed by atoms with van der Waals surface area (Å²) in [6, 6.07) is 10.0. The molecule has 28 heavy (non-hydrogen) atoms. The summed E-state index contributed by atoms with van der Waals surface area (Å²) in [5, 5.41) is 1.13. The smallest absolute Gasteiger partial charge is 0.184 e. The zero-order valence-corrected chi connectivity index (χ0v) is 15.7. The first-order valence-electron chi connectivity index (χ1n) is 8.56. The zero-order chi connectivity index (χ0) is 19.7. The summed E-state index contributed by atoms with van der Waals surface area (Å²) in [7, 11) is 0. The van der Waals surface area contributed by atoms with Crippen molar-refractivity contribution in [2.24, 2.45) is 0 Å². The Morgan fingerprint density at radius 3 is 2.64 bits per heavy atom. The van der Waals surface area contributed by atoms with E-state index >= 15 is 0 Å². The molecule has 7 heteroatoms. The number of anilines is 2. The van der Waals surface area contributed by atoms with E-state index in [1.54, 1.807) is 36.9 Å². The number of hydrogen-bond donors (Lipinski definition) is 0. The van der Waals surface area contributed by atoms with E-state index in [0.29, 0.717) is 22.8 Å². The molecule has 0 atom stereocenters. The molecule has 0 N–H and O–H groups in total. The Morgan fingerprint density at radius 2 is 1.89 bits per heavy atom. The van der Waals surface area contributed by atoms with E-state index in [1.165, 1.54) is 0 Å². The van der Waals surface area contributed by atoms with Crippen molar-refractivity contribution in [3.8, 4) is 0 Å². The van der Waals surface area contributed by atoms with Crippen molar-refractivity contribution < 1.29 is 8.78 Å². The first-order chi connectivity index (χ1) is 13.5. The number of pyridine rings is 1. The van der Waals surface area contributed by atoms with Gasteiger partial charge >= 0.3 is 0 Å². The molecule has 0 bridgehead atoms. The largest absolute Gasteiger partial charge is 0.321 e. The second-order valence-corrected chi connectivity index (χ2v) is 6.74. The van der Waals surface area contributed by atoms with Gasteiger partial charge in [0.2, 0.25) is 0 Å². The van der Waals surface area contributed by atoms with Gasteiger partial charge in [0.05, 0.1) is 12.7 Å². The minimum atomic E-state index is -0.951. The van der Waals surface area contributed by atoms with E-state index in [9.17, 15) is 8.78 Å². The summed E-state index contributed by atoms with van der Waals surface area (Å²) in [6.45, 7) is 2.24. The SMILES string of the molecule is Cc1cnc2c(F)c(F)ccc2c1CN(c1cccc(Cl)c1)c1cnccn1. The van der Waals surface area contributed by atoms with Crippen LogP contribution in [-0.4, -0.2) is 15.0 Å². The van der Waals surface area contributed by atoms with Crippen LogP contribution < -0.4 is 4.90 Å². The van der Waals surface area contributed by atoms with E-state index in [0.717, 1.165) is 22.9 Å². The van der Waals surface area contributed by atoms with Crippen molar-refractivity contribution in [3.05, 3.63) is 89.0 Å². The average Bonchev–Trinajstić information content (AvgIpc) is 2.70. The van der Waals surface area contributed by atoms with Gasteiger partial charge in [0.25, 0.3) is 0 Å². The average molecular weight is 397 g/mol. The number of fused-ring (bicyclic) bond motifs is 1. The van der Waals surface area contributed by atoms with Gasteiger partial charge in [-0.1, -0.05) is 17.7 Å². The lowest BCUT2D eigenvalue weighted by Crippen LogP contribution is -2.19. The van der Waals surface area contributed by atoms with Crippen molar-refractivity contribution >= 4 is 34.0 Å². The fraction of sp³-hybridized carbons (Fsp3) is 0.0952. The Labute approximate surface area is 165 Å². The highest BCUT2D eigenvalue weighted by molar-refractivity contribution is 6.30. The zero-order valence-electron chi connectivity index (χ0n) is 14.9. The van der Waals surface area contributed by atoms with Gasteiger partial charge in [-0.3, -0.25) is 9.97 Å². The minimum Gasteiger partial charge on any atom is -0.321 e. The number of benzene rings is 2. The van der Waals surface area contributed by atoms with Gasteiger partial charge in [0, 0.05) is 34.7 Å². The van der Waals surface area contributed by atoms with Gasteiger partial charge in [0.1, 0.15) is 5.52 Å². The molecule has 0 aliphatic rings. The van der Waals surface area contributed by atoms with Crippen LogP contribution in [0.5, 0.6) is 0 Å². The second kappa shape index (κ2) is 7.48. The first kappa shape index (κ1) is 18.3. The van der Waals surface area contributed by atoms with Gasteiger partial charge < -0.3 is 4.90 Å². The molecule has 0 unspecified atom stereocenters. The van der Waals surface area contributed by atoms with Crippen LogP contribution in [0.3, 0.4) is 0 Å². The lowest BCUT2D eigenvalue weighted by atomic mass is 10.0. The second-order valence-electron chi connectivity index (χ2n) is 6.31. The molecule has 4 nitrogen and oxygen atoms in total. The summed E-state index contributed by atoms with van der Waals surface area (Å²) in [5.41, 5.74) is 2.48. The Bertz CT molecular complexity index is 1150. The Balaban J connectivity index is 1.88. The van der Waals surface area contributed by atoms with Crippen molar-refractivity contribution in [1.29, 1.82) is 0 Å². The van der Waals surface area contributed by atoms with Crippen LogP contribution in [0.25, 0.3) is 10.9 Å². The highest BCUT2D eigenvalue weighted by Gasteiger charge is 2.18.